The first-order valence-electron chi connectivity index (χ1n) is 6.91. The van der Waals surface area contributed by atoms with Gasteiger partial charge in [0.1, 0.15) is 5.60 Å². The van der Waals surface area contributed by atoms with Crippen LogP contribution in [0.3, 0.4) is 0 Å². The highest BCUT2D eigenvalue weighted by atomic mass is 16.6. The SMILES string of the molecule is CCCC[C@@]12CC(=O)OC(C)(C1)c1ccccc12. The van der Waals surface area contributed by atoms with Gasteiger partial charge in [0.25, 0.3) is 0 Å². The van der Waals surface area contributed by atoms with Crippen LogP contribution in [0.25, 0.3) is 0 Å². The standard InChI is InChI=1S/C16H20O2/c1-3-4-9-16-10-14(17)18-15(2,11-16)12-7-5-6-8-13(12)16/h5-8H,3-4,9-11H2,1-2H3/t15?,16-/m1/s1. The third kappa shape index (κ3) is 1.51. The van der Waals surface area contributed by atoms with Crippen LogP contribution >= 0.6 is 0 Å². The minimum absolute atomic E-state index is 0.0314. The van der Waals surface area contributed by atoms with Gasteiger partial charge in [0, 0.05) is 11.8 Å². The number of esters is 1. The molecule has 0 amide bonds. The summed E-state index contributed by atoms with van der Waals surface area (Å²) in [6.45, 7) is 4.27. The number of fused-ring (bicyclic) bond motifs is 5. The normalized spacial score (nSPS) is 33.1. The van der Waals surface area contributed by atoms with Crippen LogP contribution in [-0.2, 0) is 20.5 Å². The van der Waals surface area contributed by atoms with Crippen molar-refractivity contribution in [1.82, 2.24) is 0 Å². The van der Waals surface area contributed by atoms with Gasteiger partial charge in [0.05, 0.1) is 6.42 Å². The van der Waals surface area contributed by atoms with Gasteiger partial charge in [-0.1, -0.05) is 44.0 Å². The molecular formula is C16H20O2. The highest BCUT2D eigenvalue weighted by Crippen LogP contribution is 2.57. The topological polar surface area (TPSA) is 26.3 Å². The predicted octanol–water partition coefficient (Wildman–Crippen LogP) is 3.68. The van der Waals surface area contributed by atoms with E-state index in [1.54, 1.807) is 0 Å². The van der Waals surface area contributed by atoms with Crippen molar-refractivity contribution in [2.24, 2.45) is 0 Å². The van der Waals surface area contributed by atoms with Gasteiger partial charge in [-0.2, -0.15) is 0 Å². The summed E-state index contributed by atoms with van der Waals surface area (Å²) in [6.07, 6.45) is 4.98. The third-order valence-electron chi connectivity index (χ3n) is 4.57. The van der Waals surface area contributed by atoms with Crippen LogP contribution in [0.1, 0.15) is 57.1 Å². The second-order valence-corrected chi connectivity index (χ2v) is 5.99. The summed E-state index contributed by atoms with van der Waals surface area (Å²) in [5, 5.41) is 0. The smallest absolute Gasteiger partial charge is 0.307 e. The van der Waals surface area contributed by atoms with Crippen LogP contribution in [0.4, 0.5) is 0 Å². The molecule has 0 aromatic heterocycles. The quantitative estimate of drug-likeness (QED) is 0.758. The molecule has 1 fully saturated rings. The van der Waals surface area contributed by atoms with E-state index in [-0.39, 0.29) is 17.0 Å². The van der Waals surface area contributed by atoms with Crippen molar-refractivity contribution in [3.63, 3.8) is 0 Å². The molecule has 0 saturated carbocycles. The van der Waals surface area contributed by atoms with Gasteiger partial charge in [-0.3, -0.25) is 4.79 Å². The van der Waals surface area contributed by atoms with Gasteiger partial charge in [-0.25, -0.2) is 0 Å². The average molecular weight is 244 g/mol. The molecule has 1 unspecified atom stereocenters. The van der Waals surface area contributed by atoms with E-state index in [1.165, 1.54) is 24.0 Å². The van der Waals surface area contributed by atoms with E-state index in [2.05, 4.69) is 32.0 Å². The van der Waals surface area contributed by atoms with Crippen LogP contribution < -0.4 is 0 Å². The molecule has 0 N–H and O–H groups in total. The summed E-state index contributed by atoms with van der Waals surface area (Å²) in [5.41, 5.74) is 2.23. The second kappa shape index (κ2) is 3.84. The van der Waals surface area contributed by atoms with Gasteiger partial charge in [-0.15, -0.1) is 0 Å². The Morgan fingerprint density at radius 1 is 1.28 bits per heavy atom. The number of rotatable bonds is 3. The molecule has 1 aromatic rings. The van der Waals surface area contributed by atoms with Crippen molar-refractivity contribution in [3.8, 4) is 0 Å². The van der Waals surface area contributed by atoms with Crippen molar-refractivity contribution < 1.29 is 9.53 Å². The van der Waals surface area contributed by atoms with Gasteiger partial charge in [0.15, 0.2) is 0 Å². The van der Waals surface area contributed by atoms with E-state index in [4.69, 9.17) is 4.74 Å². The molecule has 3 rings (SSSR count). The maximum atomic E-state index is 11.9. The van der Waals surface area contributed by atoms with Crippen molar-refractivity contribution in [3.05, 3.63) is 35.4 Å². The van der Waals surface area contributed by atoms with Gasteiger partial charge in [-0.05, 0) is 24.5 Å². The van der Waals surface area contributed by atoms with Crippen LogP contribution in [0.15, 0.2) is 24.3 Å². The lowest BCUT2D eigenvalue weighted by Gasteiger charge is -2.37. The van der Waals surface area contributed by atoms with E-state index >= 15 is 0 Å². The molecule has 0 radical (unpaired) electrons. The van der Waals surface area contributed by atoms with E-state index < -0.39 is 0 Å². The summed E-state index contributed by atoms with van der Waals surface area (Å²) in [6, 6.07) is 8.45. The Morgan fingerprint density at radius 3 is 2.72 bits per heavy atom. The molecule has 18 heavy (non-hydrogen) atoms. The van der Waals surface area contributed by atoms with E-state index in [0.717, 1.165) is 12.8 Å². The molecule has 0 spiro atoms. The lowest BCUT2D eigenvalue weighted by molar-refractivity contribution is -0.169. The minimum atomic E-state index is -0.389. The first kappa shape index (κ1) is 11.8. The third-order valence-corrected chi connectivity index (χ3v) is 4.57. The Bertz CT molecular complexity index is 494. The fraction of sp³-hybridized carbons (Fsp3) is 0.562. The fourth-order valence-electron chi connectivity index (χ4n) is 3.88. The monoisotopic (exact) mass is 244 g/mol. The van der Waals surface area contributed by atoms with E-state index in [0.29, 0.717) is 6.42 Å². The summed E-state index contributed by atoms with van der Waals surface area (Å²) < 4.78 is 5.66. The number of carbonyl (C=O) groups excluding carboxylic acids is 1. The van der Waals surface area contributed by atoms with Gasteiger partial charge in [0.2, 0.25) is 0 Å². The summed E-state index contributed by atoms with van der Waals surface area (Å²) >= 11 is 0. The molecule has 1 heterocycles. The zero-order valence-electron chi connectivity index (χ0n) is 11.2. The average Bonchev–Trinajstić information content (AvgIpc) is 2.53. The zero-order chi connectivity index (χ0) is 12.8. The molecule has 2 aliphatic rings. The predicted molar refractivity (Wildman–Crippen MR) is 70.3 cm³/mol. The van der Waals surface area contributed by atoms with Crippen molar-refractivity contribution >= 4 is 5.97 Å². The summed E-state index contributed by atoms with van der Waals surface area (Å²) in [5.74, 6) is -0.0314. The van der Waals surface area contributed by atoms with Crippen LogP contribution in [0.5, 0.6) is 0 Å². The lowest BCUT2D eigenvalue weighted by atomic mass is 9.73. The highest BCUT2D eigenvalue weighted by Gasteiger charge is 2.56. The molecule has 1 aromatic carbocycles. The first-order chi connectivity index (χ1) is 8.60. The Labute approximate surface area is 108 Å². The molecule has 2 nitrogen and oxygen atoms in total. The van der Waals surface area contributed by atoms with Crippen molar-refractivity contribution in [1.29, 1.82) is 0 Å². The molecular weight excluding hydrogens is 224 g/mol. The number of hydrogen-bond acceptors (Lipinski definition) is 2. The number of benzene rings is 1. The molecule has 1 saturated heterocycles. The molecule has 1 aliphatic heterocycles. The summed E-state index contributed by atoms with van der Waals surface area (Å²) in [4.78, 5) is 11.9. The maximum Gasteiger partial charge on any atom is 0.307 e. The van der Waals surface area contributed by atoms with Crippen LogP contribution in [0, 0.1) is 0 Å². The van der Waals surface area contributed by atoms with Crippen molar-refractivity contribution in [2.75, 3.05) is 0 Å². The molecule has 2 heteroatoms. The van der Waals surface area contributed by atoms with Crippen LogP contribution in [-0.4, -0.2) is 5.97 Å². The maximum absolute atomic E-state index is 11.9. The Morgan fingerprint density at radius 2 is 2.00 bits per heavy atom. The number of carbonyl (C=O) groups is 1. The molecule has 2 atom stereocenters. The summed E-state index contributed by atoms with van der Waals surface area (Å²) in [7, 11) is 0. The number of ether oxygens (including phenoxy) is 1. The van der Waals surface area contributed by atoms with Crippen LogP contribution in [0.2, 0.25) is 0 Å². The van der Waals surface area contributed by atoms with Gasteiger partial charge < -0.3 is 4.74 Å². The first-order valence-corrected chi connectivity index (χ1v) is 6.91. The second-order valence-electron chi connectivity index (χ2n) is 5.99. The highest BCUT2D eigenvalue weighted by molar-refractivity contribution is 5.75. The molecule has 96 valence electrons. The van der Waals surface area contributed by atoms with Crippen molar-refractivity contribution in [2.45, 2.75) is 57.0 Å². The Hall–Kier alpha value is -1.31. The largest absolute Gasteiger partial charge is 0.454 e. The fourth-order valence-corrected chi connectivity index (χ4v) is 3.88. The number of hydrogen-bond donors (Lipinski definition) is 0. The molecule has 2 bridgehead atoms. The van der Waals surface area contributed by atoms with E-state index in [1.807, 2.05) is 6.07 Å². The lowest BCUT2D eigenvalue weighted by Crippen LogP contribution is -2.39. The number of unbranched alkanes of at least 4 members (excludes halogenated alkanes) is 1. The minimum Gasteiger partial charge on any atom is -0.454 e. The Balaban J connectivity index is 2.10. The Kier molecular flexibility index (Phi) is 2.51. The van der Waals surface area contributed by atoms with E-state index in [9.17, 15) is 4.79 Å². The van der Waals surface area contributed by atoms with Gasteiger partial charge >= 0.3 is 5.97 Å². The molecule has 1 aliphatic carbocycles. The zero-order valence-corrected chi connectivity index (χ0v) is 11.2.